The van der Waals surface area contributed by atoms with Gasteiger partial charge in [0.05, 0.1) is 29.2 Å². The van der Waals surface area contributed by atoms with E-state index in [0.29, 0.717) is 86.4 Å². The molecule has 1 saturated heterocycles. The summed E-state index contributed by atoms with van der Waals surface area (Å²) in [6.07, 6.45) is 1.49. The van der Waals surface area contributed by atoms with Crippen molar-refractivity contribution < 1.29 is 37.3 Å². The van der Waals surface area contributed by atoms with Crippen LogP contribution in [0.1, 0.15) is 56.2 Å². The van der Waals surface area contributed by atoms with Crippen molar-refractivity contribution in [2.24, 2.45) is 5.41 Å². The third-order valence-corrected chi connectivity index (χ3v) is 9.87. The van der Waals surface area contributed by atoms with E-state index in [1.165, 1.54) is 0 Å². The van der Waals surface area contributed by atoms with Gasteiger partial charge in [-0.15, -0.1) is 0 Å². The lowest BCUT2D eigenvalue weighted by Crippen LogP contribution is -2.44. The maximum Gasteiger partial charge on any atom is 0.416 e. The normalized spacial score (nSPS) is 17.6. The van der Waals surface area contributed by atoms with E-state index in [-0.39, 0.29) is 28.7 Å². The first-order valence-corrected chi connectivity index (χ1v) is 16.4. The van der Waals surface area contributed by atoms with Gasteiger partial charge >= 0.3 is 12.1 Å². The number of methoxy groups -OCH3 is 1. The molecule has 2 fully saturated rings. The molecule has 0 radical (unpaired) electrons. The van der Waals surface area contributed by atoms with Gasteiger partial charge in [-0.25, -0.2) is 14.4 Å². The van der Waals surface area contributed by atoms with E-state index in [2.05, 4.69) is 19.9 Å². The van der Waals surface area contributed by atoms with E-state index in [4.69, 9.17) is 14.8 Å². The van der Waals surface area contributed by atoms with E-state index in [1.807, 2.05) is 11.9 Å². The average molecular weight is 685 g/mol. The number of ether oxygens (including phenoxy) is 1. The van der Waals surface area contributed by atoms with Gasteiger partial charge in [-0.05, 0) is 75.0 Å². The number of carboxylic acid groups (broad SMARTS) is 1. The highest BCUT2D eigenvalue weighted by atomic mass is 19.4. The summed E-state index contributed by atoms with van der Waals surface area (Å²) in [7, 11) is 3.56. The summed E-state index contributed by atoms with van der Waals surface area (Å²) in [6.45, 7) is 3.09. The number of pyridine rings is 2. The standard InChI is InChI=1S/C35H40F4N6O4/c1-44(20-33(21-49-2)8-4-9-33)27-18-26(23-15-24(35(37,38)39)17-25(36)16-23)41-32-30(27)42-31(43-32)22-6-7-28(40-19-22)34(48)10-13-45(14-11-34)12-3-5-29(46)47/h6-7,15-19,48H,3-5,8-14,20-21H2,1-2H3,(H,46,47)(H,41,42,43). The first kappa shape index (κ1) is 34.7. The minimum absolute atomic E-state index is 0.0177. The van der Waals surface area contributed by atoms with Gasteiger partial charge in [-0.2, -0.15) is 13.2 Å². The minimum Gasteiger partial charge on any atom is -0.481 e. The number of fused-ring (bicyclic) bond motifs is 1. The molecule has 1 saturated carbocycles. The van der Waals surface area contributed by atoms with E-state index in [0.717, 1.165) is 31.4 Å². The molecule has 49 heavy (non-hydrogen) atoms. The summed E-state index contributed by atoms with van der Waals surface area (Å²) in [6, 6.07) is 7.60. The Kier molecular flexibility index (Phi) is 9.66. The van der Waals surface area contributed by atoms with Crippen molar-refractivity contribution in [3.05, 3.63) is 59.7 Å². The molecule has 4 aromatic rings. The molecular formula is C35H40F4N6O4. The zero-order chi connectivity index (χ0) is 35.0. The number of carboxylic acids is 1. The van der Waals surface area contributed by atoms with E-state index < -0.39 is 29.1 Å². The number of H-pyrrole nitrogens is 1. The zero-order valence-corrected chi connectivity index (χ0v) is 27.5. The number of rotatable bonds is 12. The van der Waals surface area contributed by atoms with Crippen LogP contribution in [0, 0.1) is 11.2 Å². The van der Waals surface area contributed by atoms with Crippen LogP contribution in [-0.4, -0.2) is 88.0 Å². The smallest absolute Gasteiger partial charge is 0.416 e. The molecule has 6 rings (SSSR count). The van der Waals surface area contributed by atoms with Crippen molar-refractivity contribution in [2.75, 3.05) is 51.8 Å². The number of nitrogens with zero attached hydrogens (tertiary/aromatic N) is 5. The summed E-state index contributed by atoms with van der Waals surface area (Å²) in [5.74, 6) is -1.41. The number of aromatic nitrogens is 4. The molecule has 0 unspecified atom stereocenters. The van der Waals surface area contributed by atoms with Gasteiger partial charge in [-0.1, -0.05) is 6.42 Å². The van der Waals surface area contributed by atoms with Crippen LogP contribution < -0.4 is 4.90 Å². The Balaban J connectivity index is 1.31. The largest absolute Gasteiger partial charge is 0.481 e. The van der Waals surface area contributed by atoms with Crippen LogP contribution in [0.2, 0.25) is 0 Å². The summed E-state index contributed by atoms with van der Waals surface area (Å²) >= 11 is 0. The molecule has 0 amide bonds. The number of anilines is 1. The fourth-order valence-corrected chi connectivity index (χ4v) is 7.04. The molecule has 1 aromatic carbocycles. The maximum atomic E-state index is 14.5. The zero-order valence-electron chi connectivity index (χ0n) is 27.5. The third kappa shape index (κ3) is 7.55. The van der Waals surface area contributed by atoms with Crippen molar-refractivity contribution in [1.82, 2.24) is 24.8 Å². The maximum absolute atomic E-state index is 14.5. The van der Waals surface area contributed by atoms with Crippen LogP contribution in [0.5, 0.6) is 0 Å². The summed E-state index contributed by atoms with van der Waals surface area (Å²) in [5, 5.41) is 20.3. The number of aromatic amines is 1. The van der Waals surface area contributed by atoms with Gasteiger partial charge in [0.25, 0.3) is 0 Å². The fraction of sp³-hybridized carbons (Fsp3) is 0.486. The molecule has 0 spiro atoms. The number of carbonyl (C=O) groups is 1. The molecule has 1 aliphatic heterocycles. The Morgan fingerprint density at radius 2 is 1.84 bits per heavy atom. The average Bonchev–Trinajstić information content (AvgIpc) is 3.48. The Morgan fingerprint density at radius 1 is 1.08 bits per heavy atom. The Hall–Kier alpha value is -4.14. The topological polar surface area (TPSA) is 128 Å². The van der Waals surface area contributed by atoms with Gasteiger partial charge in [0.1, 0.15) is 22.8 Å². The molecule has 10 nitrogen and oxygen atoms in total. The highest BCUT2D eigenvalue weighted by molar-refractivity contribution is 5.91. The van der Waals surface area contributed by atoms with Gasteiger partial charge in [0.2, 0.25) is 0 Å². The molecule has 1 aliphatic carbocycles. The molecule has 3 aromatic heterocycles. The predicted molar refractivity (Wildman–Crippen MR) is 175 cm³/mol. The second-order valence-corrected chi connectivity index (χ2v) is 13.5. The van der Waals surface area contributed by atoms with Gasteiger partial charge in [0, 0.05) is 63.0 Å². The lowest BCUT2D eigenvalue weighted by atomic mass is 9.69. The lowest BCUT2D eigenvalue weighted by molar-refractivity contribution is -0.138. The van der Waals surface area contributed by atoms with Gasteiger partial charge < -0.3 is 29.7 Å². The predicted octanol–water partition coefficient (Wildman–Crippen LogP) is 6.25. The van der Waals surface area contributed by atoms with Crippen molar-refractivity contribution >= 4 is 22.8 Å². The molecule has 0 atom stereocenters. The fourth-order valence-electron chi connectivity index (χ4n) is 7.04. The van der Waals surface area contributed by atoms with Gasteiger partial charge in [-0.3, -0.25) is 9.78 Å². The molecule has 262 valence electrons. The lowest BCUT2D eigenvalue weighted by Gasteiger charge is -2.44. The molecular weight excluding hydrogens is 644 g/mol. The van der Waals surface area contributed by atoms with Crippen LogP contribution in [-0.2, 0) is 21.3 Å². The SMILES string of the molecule is COCC1(CN(C)c2cc(-c3cc(F)cc(C(F)(F)F)c3)nc3nc(-c4ccc(C5(O)CCN(CCCC(=O)O)CC5)nc4)[nH]c23)CCC1. The van der Waals surface area contributed by atoms with Crippen molar-refractivity contribution in [3.63, 3.8) is 0 Å². The van der Waals surface area contributed by atoms with E-state index >= 15 is 0 Å². The van der Waals surface area contributed by atoms with Crippen molar-refractivity contribution in [1.29, 1.82) is 0 Å². The van der Waals surface area contributed by atoms with Crippen LogP contribution in [0.25, 0.3) is 33.8 Å². The number of aliphatic hydroxyl groups is 1. The van der Waals surface area contributed by atoms with Crippen LogP contribution in [0.15, 0.2) is 42.6 Å². The first-order valence-electron chi connectivity index (χ1n) is 16.4. The number of hydrogen-bond acceptors (Lipinski definition) is 8. The van der Waals surface area contributed by atoms with Crippen molar-refractivity contribution in [2.45, 2.75) is 56.7 Å². The second kappa shape index (κ2) is 13.6. The quantitative estimate of drug-likeness (QED) is 0.149. The molecule has 2 aliphatic rings. The highest BCUT2D eigenvalue weighted by Gasteiger charge is 2.39. The number of aliphatic carboxylic acids is 1. The summed E-state index contributed by atoms with van der Waals surface area (Å²) in [5.41, 5.74) is 0.437. The second-order valence-electron chi connectivity index (χ2n) is 13.5. The van der Waals surface area contributed by atoms with Crippen LogP contribution >= 0.6 is 0 Å². The van der Waals surface area contributed by atoms with Gasteiger partial charge in [0.15, 0.2) is 5.65 Å². The number of alkyl halides is 3. The monoisotopic (exact) mass is 684 g/mol. The Bertz CT molecular complexity index is 1800. The number of halogens is 4. The van der Waals surface area contributed by atoms with Crippen LogP contribution in [0.4, 0.5) is 23.2 Å². The van der Waals surface area contributed by atoms with E-state index in [9.17, 15) is 27.5 Å². The molecule has 4 heterocycles. The van der Waals surface area contributed by atoms with Crippen LogP contribution in [0.3, 0.4) is 0 Å². The molecule has 3 N–H and O–H groups in total. The number of imidazole rings is 1. The minimum atomic E-state index is -4.73. The van der Waals surface area contributed by atoms with E-state index in [1.54, 1.807) is 31.5 Å². The number of hydrogen-bond donors (Lipinski definition) is 3. The first-order chi connectivity index (χ1) is 23.3. The summed E-state index contributed by atoms with van der Waals surface area (Å²) in [4.78, 5) is 32.2. The molecule has 14 heteroatoms. The van der Waals surface area contributed by atoms with Crippen molar-refractivity contribution in [3.8, 4) is 22.6 Å². The number of piperidine rings is 1. The highest BCUT2D eigenvalue weighted by Crippen LogP contribution is 2.43. The summed E-state index contributed by atoms with van der Waals surface area (Å²) < 4.78 is 60.8. The number of likely N-dealkylation sites (tertiary alicyclic amines) is 1. The Labute approximate surface area is 281 Å². The number of benzene rings is 1. The third-order valence-electron chi connectivity index (χ3n) is 9.87. The number of nitrogens with one attached hydrogen (secondary N) is 1. The Morgan fingerprint density at radius 3 is 2.45 bits per heavy atom. The molecule has 0 bridgehead atoms.